The zero-order chi connectivity index (χ0) is 15.6. The fourth-order valence-corrected chi connectivity index (χ4v) is 2.20. The third kappa shape index (κ3) is 3.13. The molecule has 1 atom stereocenters. The molecule has 0 spiro atoms. The van der Waals surface area contributed by atoms with Crippen LogP contribution < -0.4 is 10.2 Å². The number of anilines is 1. The number of nitrogens with zero attached hydrogens (tertiary/aromatic N) is 2. The number of aliphatic carboxylic acids is 1. The second kappa shape index (κ2) is 5.82. The summed E-state index contributed by atoms with van der Waals surface area (Å²) >= 11 is 0. The normalized spacial score (nSPS) is 18.1. The van der Waals surface area contributed by atoms with Crippen molar-refractivity contribution in [2.24, 2.45) is 0 Å². The summed E-state index contributed by atoms with van der Waals surface area (Å²) in [5.74, 6) is -1.50. The van der Waals surface area contributed by atoms with Crippen molar-refractivity contribution in [3.05, 3.63) is 29.8 Å². The molecule has 2 N–H and O–H groups in total. The molecule has 1 aliphatic heterocycles. The highest BCUT2D eigenvalue weighted by atomic mass is 16.4. The molecule has 0 aromatic heterocycles. The number of aryl methyl sites for hydroxylation is 1. The molecule has 1 aromatic rings. The highest BCUT2D eigenvalue weighted by molar-refractivity contribution is 5.97. The SMILES string of the molecule is Cc1cccc(N(C)C(=O)N2CC(=O)NCC2C(=O)O)c1. The van der Waals surface area contributed by atoms with Crippen LogP contribution in [0.5, 0.6) is 0 Å². The van der Waals surface area contributed by atoms with Gasteiger partial charge in [0.25, 0.3) is 0 Å². The fourth-order valence-electron chi connectivity index (χ4n) is 2.20. The quantitative estimate of drug-likeness (QED) is 0.827. The predicted molar refractivity (Wildman–Crippen MR) is 76.1 cm³/mol. The van der Waals surface area contributed by atoms with Crippen LogP contribution in [0, 0.1) is 6.92 Å². The number of carboxylic acid groups (broad SMARTS) is 1. The summed E-state index contributed by atoms with van der Waals surface area (Å²) in [5, 5.41) is 11.6. The van der Waals surface area contributed by atoms with Crippen LogP contribution in [0.15, 0.2) is 24.3 Å². The Bertz CT molecular complexity index is 587. The molecule has 2 rings (SSSR count). The molecule has 0 aliphatic carbocycles. The minimum Gasteiger partial charge on any atom is -0.480 e. The molecule has 1 unspecified atom stereocenters. The number of hydrogen-bond acceptors (Lipinski definition) is 3. The predicted octanol–water partition coefficient (Wildman–Crippen LogP) is 0.436. The second-order valence-electron chi connectivity index (χ2n) is 4.97. The summed E-state index contributed by atoms with van der Waals surface area (Å²) in [7, 11) is 1.56. The van der Waals surface area contributed by atoms with E-state index in [0.29, 0.717) is 5.69 Å². The average Bonchev–Trinajstić information content (AvgIpc) is 2.45. The van der Waals surface area contributed by atoms with Gasteiger partial charge in [0, 0.05) is 19.3 Å². The van der Waals surface area contributed by atoms with Gasteiger partial charge in [0.1, 0.15) is 12.6 Å². The van der Waals surface area contributed by atoms with Crippen molar-refractivity contribution >= 4 is 23.6 Å². The number of hydrogen-bond donors (Lipinski definition) is 2. The highest BCUT2D eigenvalue weighted by Crippen LogP contribution is 2.17. The van der Waals surface area contributed by atoms with Gasteiger partial charge < -0.3 is 10.4 Å². The van der Waals surface area contributed by atoms with Gasteiger partial charge in [-0.15, -0.1) is 0 Å². The number of piperazine rings is 1. The molecule has 3 amide bonds. The van der Waals surface area contributed by atoms with Gasteiger partial charge in [-0.05, 0) is 24.6 Å². The van der Waals surface area contributed by atoms with E-state index in [2.05, 4.69) is 5.32 Å². The van der Waals surface area contributed by atoms with E-state index in [-0.39, 0.29) is 19.0 Å². The largest absolute Gasteiger partial charge is 0.480 e. The average molecular weight is 291 g/mol. The molecule has 112 valence electrons. The molecule has 1 heterocycles. The van der Waals surface area contributed by atoms with Gasteiger partial charge in [-0.25, -0.2) is 9.59 Å². The zero-order valence-electron chi connectivity index (χ0n) is 11.9. The van der Waals surface area contributed by atoms with E-state index in [9.17, 15) is 19.5 Å². The Morgan fingerprint density at radius 3 is 2.76 bits per heavy atom. The molecule has 0 bridgehead atoms. The van der Waals surface area contributed by atoms with E-state index in [1.165, 1.54) is 4.90 Å². The van der Waals surface area contributed by atoms with Crippen molar-refractivity contribution in [2.75, 3.05) is 25.0 Å². The van der Waals surface area contributed by atoms with Gasteiger partial charge >= 0.3 is 12.0 Å². The summed E-state index contributed by atoms with van der Waals surface area (Å²) in [4.78, 5) is 37.6. The van der Waals surface area contributed by atoms with Gasteiger partial charge in [0.05, 0.1) is 0 Å². The lowest BCUT2D eigenvalue weighted by Crippen LogP contribution is -2.61. The number of benzene rings is 1. The lowest BCUT2D eigenvalue weighted by atomic mass is 10.2. The zero-order valence-corrected chi connectivity index (χ0v) is 11.9. The molecule has 1 aliphatic rings. The van der Waals surface area contributed by atoms with Crippen LogP contribution in [0.4, 0.5) is 10.5 Å². The van der Waals surface area contributed by atoms with Crippen molar-refractivity contribution in [2.45, 2.75) is 13.0 Å². The third-order valence-corrected chi connectivity index (χ3v) is 3.39. The van der Waals surface area contributed by atoms with Crippen molar-refractivity contribution in [3.63, 3.8) is 0 Å². The Morgan fingerprint density at radius 1 is 1.43 bits per heavy atom. The molecule has 0 saturated carbocycles. The van der Waals surface area contributed by atoms with Gasteiger partial charge in [0.2, 0.25) is 5.91 Å². The van der Waals surface area contributed by atoms with Crippen molar-refractivity contribution in [1.82, 2.24) is 10.2 Å². The topological polar surface area (TPSA) is 90.0 Å². The first kappa shape index (κ1) is 14.8. The van der Waals surface area contributed by atoms with Gasteiger partial charge in [0.15, 0.2) is 0 Å². The number of nitrogens with one attached hydrogen (secondary N) is 1. The van der Waals surface area contributed by atoms with E-state index < -0.39 is 18.0 Å². The Hall–Kier alpha value is -2.57. The van der Waals surface area contributed by atoms with E-state index in [4.69, 9.17) is 0 Å². The number of amides is 3. The third-order valence-electron chi connectivity index (χ3n) is 3.39. The van der Waals surface area contributed by atoms with Crippen LogP contribution in [-0.4, -0.2) is 54.1 Å². The number of rotatable bonds is 2. The standard InChI is InChI=1S/C14H17N3O4/c1-9-4-3-5-10(6-9)16(2)14(21)17-8-12(18)15-7-11(17)13(19)20/h3-6,11H,7-8H2,1-2H3,(H,15,18)(H,19,20). The number of urea groups is 1. The van der Waals surface area contributed by atoms with Gasteiger partial charge in [-0.2, -0.15) is 0 Å². The van der Waals surface area contributed by atoms with Crippen LogP contribution in [0.3, 0.4) is 0 Å². The Balaban J connectivity index is 2.23. The summed E-state index contributed by atoms with van der Waals surface area (Å²) in [6.07, 6.45) is 0. The van der Waals surface area contributed by atoms with Crippen LogP contribution in [0.25, 0.3) is 0 Å². The Labute approximate surface area is 122 Å². The Kier molecular flexibility index (Phi) is 4.11. The van der Waals surface area contributed by atoms with E-state index in [1.807, 2.05) is 25.1 Å². The molecular weight excluding hydrogens is 274 g/mol. The Morgan fingerprint density at radius 2 is 2.14 bits per heavy atom. The molecule has 7 nitrogen and oxygen atoms in total. The second-order valence-corrected chi connectivity index (χ2v) is 4.97. The summed E-state index contributed by atoms with van der Waals surface area (Å²) in [6, 6.07) is 5.72. The van der Waals surface area contributed by atoms with Crippen LogP contribution in [0.1, 0.15) is 5.56 Å². The maximum atomic E-state index is 12.5. The first-order valence-corrected chi connectivity index (χ1v) is 6.50. The van der Waals surface area contributed by atoms with E-state index in [0.717, 1.165) is 10.5 Å². The van der Waals surface area contributed by atoms with Gasteiger partial charge in [-0.1, -0.05) is 12.1 Å². The summed E-state index contributed by atoms with van der Waals surface area (Å²) < 4.78 is 0. The summed E-state index contributed by atoms with van der Waals surface area (Å²) in [6.45, 7) is 1.56. The monoisotopic (exact) mass is 291 g/mol. The lowest BCUT2D eigenvalue weighted by molar-refractivity contribution is -0.144. The van der Waals surface area contributed by atoms with Crippen molar-refractivity contribution in [3.8, 4) is 0 Å². The number of carbonyl (C=O) groups is 3. The molecule has 1 saturated heterocycles. The molecule has 0 radical (unpaired) electrons. The molecule has 1 fully saturated rings. The minimum absolute atomic E-state index is 0.0818. The fraction of sp³-hybridized carbons (Fsp3) is 0.357. The molecular formula is C14H17N3O4. The van der Waals surface area contributed by atoms with Crippen LogP contribution in [-0.2, 0) is 9.59 Å². The maximum absolute atomic E-state index is 12.5. The molecule has 1 aromatic carbocycles. The first-order chi connectivity index (χ1) is 9.90. The minimum atomic E-state index is -1.14. The molecule has 7 heteroatoms. The number of carbonyl (C=O) groups excluding carboxylic acids is 2. The highest BCUT2D eigenvalue weighted by Gasteiger charge is 2.36. The van der Waals surface area contributed by atoms with Crippen LogP contribution in [0.2, 0.25) is 0 Å². The van der Waals surface area contributed by atoms with E-state index >= 15 is 0 Å². The van der Waals surface area contributed by atoms with Gasteiger partial charge in [-0.3, -0.25) is 14.6 Å². The maximum Gasteiger partial charge on any atom is 0.328 e. The summed E-state index contributed by atoms with van der Waals surface area (Å²) in [5.41, 5.74) is 1.63. The van der Waals surface area contributed by atoms with Crippen molar-refractivity contribution in [1.29, 1.82) is 0 Å². The molecule has 21 heavy (non-hydrogen) atoms. The number of carboxylic acids is 1. The van der Waals surface area contributed by atoms with Crippen molar-refractivity contribution < 1.29 is 19.5 Å². The lowest BCUT2D eigenvalue weighted by Gasteiger charge is -2.35. The van der Waals surface area contributed by atoms with Crippen LogP contribution >= 0.6 is 0 Å². The first-order valence-electron chi connectivity index (χ1n) is 6.50. The smallest absolute Gasteiger partial charge is 0.328 e. The van der Waals surface area contributed by atoms with E-state index in [1.54, 1.807) is 13.1 Å².